The molecule has 0 unspecified atom stereocenters. The van der Waals surface area contributed by atoms with Crippen LogP contribution in [-0.2, 0) is 32.7 Å². The Labute approximate surface area is 132 Å². The fourth-order valence-electron chi connectivity index (χ4n) is 0.827. The first kappa shape index (κ1) is 21.8. The Bertz CT molecular complexity index is 269. The van der Waals surface area contributed by atoms with Crippen molar-refractivity contribution in [1.82, 2.24) is 0 Å². The summed E-state index contributed by atoms with van der Waals surface area (Å²) in [7, 11) is 3.35. The van der Waals surface area contributed by atoms with Gasteiger partial charge in [-0.3, -0.25) is 4.99 Å². The van der Waals surface area contributed by atoms with Gasteiger partial charge in [-0.05, 0) is 20.1 Å². The molecule has 0 saturated carbocycles. The molecule has 0 aliphatic heterocycles. The Morgan fingerprint density at radius 3 is 2.00 bits per heavy atom. The number of rotatable bonds is 2. The Kier molecular flexibility index (Phi) is 26.8. The fourth-order valence-corrected chi connectivity index (χ4v) is 0.827. The Balaban J connectivity index is -0.000000213. The van der Waals surface area contributed by atoms with Crippen LogP contribution in [0.2, 0.25) is 0 Å². The van der Waals surface area contributed by atoms with Crippen LogP contribution in [-0.4, -0.2) is 19.0 Å². The van der Waals surface area contributed by atoms with Crippen LogP contribution in [0.15, 0.2) is 40.3 Å². The van der Waals surface area contributed by atoms with E-state index < -0.39 is 0 Å². The van der Waals surface area contributed by atoms with E-state index in [1.807, 2.05) is 58.0 Å². The number of benzene rings is 1. The van der Waals surface area contributed by atoms with Gasteiger partial charge in [-0.1, -0.05) is 49.7 Å². The molecule has 0 heterocycles. The average molecular weight is 308 g/mol. The predicted octanol–water partition coefficient (Wildman–Crippen LogP) is 4.02. The van der Waals surface area contributed by atoms with Crippen molar-refractivity contribution in [3.05, 3.63) is 42.9 Å². The van der Waals surface area contributed by atoms with Crippen LogP contribution >= 0.6 is 0 Å². The monoisotopic (exact) mass is 308 g/mol. The van der Waals surface area contributed by atoms with Gasteiger partial charge in [0.15, 0.2) is 0 Å². The largest absolute Gasteiger partial charge is 0.456 e. The maximum absolute atomic E-state index is 3.85. The number of hydrogen-bond donors (Lipinski definition) is 0. The van der Waals surface area contributed by atoms with Crippen molar-refractivity contribution in [2.75, 3.05) is 6.54 Å². The summed E-state index contributed by atoms with van der Waals surface area (Å²) in [5.74, 6) is 0. The number of aliphatic imine (C=N–C) groups is 2. The first-order valence-corrected chi connectivity index (χ1v) is 5.63. The fraction of sp³-hybridized carbons (Fsp3) is 0.357. The van der Waals surface area contributed by atoms with Gasteiger partial charge in [0.25, 0.3) is 0 Å². The van der Waals surface area contributed by atoms with Gasteiger partial charge < -0.3 is 4.99 Å². The first-order chi connectivity index (χ1) is 7.85. The summed E-state index contributed by atoms with van der Waals surface area (Å²) >= 11 is 0. The molecule has 0 N–H and O–H groups in total. The predicted molar refractivity (Wildman–Crippen MR) is 75.4 cm³/mol. The third kappa shape index (κ3) is 18.1. The van der Waals surface area contributed by atoms with Gasteiger partial charge in [0, 0.05) is 39.3 Å². The SMILES string of the molecule is CC.CC=NCC.[CH2-]N=Cc1ccccc1.[Y]. The van der Waals surface area contributed by atoms with Gasteiger partial charge in [0.2, 0.25) is 0 Å². The maximum atomic E-state index is 3.85. The number of nitrogens with zero attached hydrogens (tertiary/aromatic N) is 2. The van der Waals surface area contributed by atoms with Crippen molar-refractivity contribution in [3.63, 3.8) is 0 Å². The minimum atomic E-state index is 0. The summed E-state index contributed by atoms with van der Waals surface area (Å²) in [5.41, 5.74) is 1.09. The average Bonchev–Trinajstić information content (AvgIpc) is 2.35. The second kappa shape index (κ2) is 20.9. The van der Waals surface area contributed by atoms with Crippen molar-refractivity contribution in [3.8, 4) is 0 Å². The van der Waals surface area contributed by atoms with Crippen LogP contribution in [0, 0.1) is 7.05 Å². The second-order valence-corrected chi connectivity index (χ2v) is 2.48. The minimum absolute atomic E-state index is 0. The Morgan fingerprint density at radius 2 is 1.71 bits per heavy atom. The van der Waals surface area contributed by atoms with Crippen LogP contribution in [0.4, 0.5) is 0 Å². The zero-order valence-corrected chi connectivity index (χ0v) is 14.3. The Morgan fingerprint density at radius 1 is 1.18 bits per heavy atom. The molecule has 17 heavy (non-hydrogen) atoms. The molecular weight excluding hydrogens is 285 g/mol. The van der Waals surface area contributed by atoms with E-state index in [4.69, 9.17) is 0 Å². The maximum Gasteiger partial charge on any atom is 0.0356 e. The van der Waals surface area contributed by atoms with E-state index in [0.717, 1.165) is 12.1 Å². The summed E-state index contributed by atoms with van der Waals surface area (Å²) in [6, 6.07) is 9.87. The van der Waals surface area contributed by atoms with E-state index >= 15 is 0 Å². The molecule has 0 aliphatic rings. The van der Waals surface area contributed by atoms with Gasteiger partial charge in [-0.25, -0.2) is 0 Å². The summed E-state index contributed by atoms with van der Waals surface area (Å²) in [4.78, 5) is 7.48. The van der Waals surface area contributed by atoms with Crippen molar-refractivity contribution >= 4 is 12.4 Å². The molecule has 1 aromatic rings. The first-order valence-electron chi connectivity index (χ1n) is 5.63. The third-order valence-corrected chi connectivity index (χ3v) is 1.41. The van der Waals surface area contributed by atoms with E-state index in [2.05, 4.69) is 17.0 Å². The van der Waals surface area contributed by atoms with Gasteiger partial charge in [0.1, 0.15) is 0 Å². The summed E-state index contributed by atoms with van der Waals surface area (Å²) in [6.07, 6.45) is 3.53. The standard InChI is InChI=1S/C8H8N.C4H9N.C2H6.Y/c1-9-7-8-5-3-2-4-6-8;1-3-5-4-2;1-2;/h2-7H,1H2;3H,4H2,1-2H3;1-2H3;/q-1;;;. The zero-order chi connectivity index (χ0) is 12.6. The van der Waals surface area contributed by atoms with E-state index in [9.17, 15) is 0 Å². The van der Waals surface area contributed by atoms with E-state index in [-0.39, 0.29) is 32.7 Å². The van der Waals surface area contributed by atoms with E-state index in [1.54, 1.807) is 12.4 Å². The smallest absolute Gasteiger partial charge is 0.0356 e. The van der Waals surface area contributed by atoms with Crippen molar-refractivity contribution < 1.29 is 32.7 Å². The van der Waals surface area contributed by atoms with Crippen molar-refractivity contribution in [1.29, 1.82) is 0 Å². The van der Waals surface area contributed by atoms with Crippen LogP contribution in [0.25, 0.3) is 0 Å². The van der Waals surface area contributed by atoms with Crippen molar-refractivity contribution in [2.24, 2.45) is 9.98 Å². The van der Waals surface area contributed by atoms with Gasteiger partial charge in [-0.15, -0.1) is 6.21 Å². The molecular formula is C14H23N2Y-. The third-order valence-electron chi connectivity index (χ3n) is 1.41. The molecule has 1 rings (SSSR count). The molecule has 0 bridgehead atoms. The molecule has 0 aromatic heterocycles. The Hall–Kier alpha value is -0.466. The molecule has 1 radical (unpaired) electrons. The molecule has 93 valence electrons. The normalized spacial score (nSPS) is 8.71. The second-order valence-electron chi connectivity index (χ2n) is 2.48. The molecule has 0 saturated heterocycles. The molecule has 0 fully saturated rings. The molecule has 0 atom stereocenters. The zero-order valence-electron chi connectivity index (χ0n) is 11.4. The van der Waals surface area contributed by atoms with Crippen LogP contribution in [0.3, 0.4) is 0 Å². The van der Waals surface area contributed by atoms with Gasteiger partial charge >= 0.3 is 0 Å². The van der Waals surface area contributed by atoms with Crippen LogP contribution in [0.5, 0.6) is 0 Å². The van der Waals surface area contributed by atoms with Gasteiger partial charge in [-0.2, -0.15) is 7.05 Å². The number of hydrogen-bond acceptors (Lipinski definition) is 2. The van der Waals surface area contributed by atoms with E-state index in [0.29, 0.717) is 0 Å². The summed E-state index contributed by atoms with van der Waals surface area (Å²) in [6.45, 7) is 8.85. The topological polar surface area (TPSA) is 24.7 Å². The van der Waals surface area contributed by atoms with Crippen molar-refractivity contribution in [2.45, 2.75) is 27.7 Å². The molecule has 1 aromatic carbocycles. The summed E-state index contributed by atoms with van der Waals surface area (Å²) < 4.78 is 0. The quantitative estimate of drug-likeness (QED) is 0.582. The minimum Gasteiger partial charge on any atom is -0.456 e. The molecule has 0 spiro atoms. The van der Waals surface area contributed by atoms with E-state index in [1.165, 1.54) is 0 Å². The molecule has 3 heteroatoms. The molecule has 2 nitrogen and oxygen atoms in total. The van der Waals surface area contributed by atoms with Crippen LogP contribution < -0.4 is 0 Å². The molecule has 0 aliphatic carbocycles. The molecule has 0 amide bonds. The van der Waals surface area contributed by atoms with Gasteiger partial charge in [0.05, 0.1) is 0 Å². The summed E-state index contributed by atoms with van der Waals surface area (Å²) in [5, 5.41) is 0. The van der Waals surface area contributed by atoms with Crippen LogP contribution in [0.1, 0.15) is 33.3 Å².